The van der Waals surface area contributed by atoms with Gasteiger partial charge in [-0.3, -0.25) is 9.59 Å². The zero-order valence-corrected chi connectivity index (χ0v) is 19.7. The minimum Gasteiger partial charge on any atom is -0.493 e. The summed E-state index contributed by atoms with van der Waals surface area (Å²) in [4.78, 5) is 36.4. The number of nitrogens with one attached hydrogen (secondary N) is 2. The number of carbonyl (C=O) groups excluding carboxylic acids is 3. The second-order valence-corrected chi connectivity index (χ2v) is 7.81. The molecule has 0 unspecified atom stereocenters. The standard InChI is InChI=1S/C23H16Cl3N3O5/c1-33-20-10-13(6-9-19(20)34-23(32)15-4-2-3-5-16(15)25)12-27-29-22(31)21(30)28-18-11-14(24)7-8-17(18)26/h2-12H,1H3,(H,28,30)(H,29,31)/b27-12-. The van der Waals surface area contributed by atoms with Gasteiger partial charge in [0.1, 0.15) is 0 Å². The lowest BCUT2D eigenvalue weighted by molar-refractivity contribution is -0.136. The lowest BCUT2D eigenvalue weighted by atomic mass is 10.2. The Labute approximate surface area is 209 Å². The zero-order chi connectivity index (χ0) is 24.7. The summed E-state index contributed by atoms with van der Waals surface area (Å²) in [5.41, 5.74) is 2.98. The van der Waals surface area contributed by atoms with E-state index in [1.165, 1.54) is 43.7 Å². The molecule has 0 atom stereocenters. The maximum atomic E-state index is 12.4. The number of hydrogen-bond acceptors (Lipinski definition) is 6. The number of rotatable bonds is 6. The molecule has 0 aliphatic rings. The number of ether oxygens (including phenoxy) is 2. The van der Waals surface area contributed by atoms with E-state index in [0.29, 0.717) is 10.6 Å². The smallest absolute Gasteiger partial charge is 0.345 e. The van der Waals surface area contributed by atoms with Crippen LogP contribution >= 0.6 is 34.8 Å². The highest BCUT2D eigenvalue weighted by atomic mass is 35.5. The van der Waals surface area contributed by atoms with Crippen molar-refractivity contribution in [3.8, 4) is 11.5 Å². The van der Waals surface area contributed by atoms with Crippen molar-refractivity contribution in [2.45, 2.75) is 0 Å². The second kappa shape index (κ2) is 11.5. The molecule has 2 N–H and O–H groups in total. The highest BCUT2D eigenvalue weighted by Gasteiger charge is 2.16. The summed E-state index contributed by atoms with van der Waals surface area (Å²) in [6.07, 6.45) is 1.28. The molecule has 0 aliphatic heterocycles. The van der Waals surface area contributed by atoms with Crippen LogP contribution in [0.15, 0.2) is 65.8 Å². The topological polar surface area (TPSA) is 106 Å². The van der Waals surface area contributed by atoms with E-state index in [4.69, 9.17) is 44.3 Å². The van der Waals surface area contributed by atoms with E-state index >= 15 is 0 Å². The van der Waals surface area contributed by atoms with Gasteiger partial charge in [-0.1, -0.05) is 46.9 Å². The fourth-order valence-corrected chi connectivity index (χ4v) is 3.17. The Morgan fingerprint density at radius 3 is 2.38 bits per heavy atom. The van der Waals surface area contributed by atoms with Crippen LogP contribution in [0.25, 0.3) is 0 Å². The van der Waals surface area contributed by atoms with Gasteiger partial charge in [-0.2, -0.15) is 5.10 Å². The van der Waals surface area contributed by atoms with Gasteiger partial charge in [0.05, 0.1) is 34.6 Å². The van der Waals surface area contributed by atoms with E-state index in [9.17, 15) is 14.4 Å². The molecule has 3 rings (SSSR count). The third kappa shape index (κ3) is 6.48. The Kier molecular flexibility index (Phi) is 8.48. The predicted octanol–water partition coefficient (Wildman–Crippen LogP) is 4.96. The van der Waals surface area contributed by atoms with Crippen molar-refractivity contribution in [3.63, 3.8) is 0 Å². The van der Waals surface area contributed by atoms with Crippen molar-refractivity contribution in [3.05, 3.63) is 86.9 Å². The van der Waals surface area contributed by atoms with E-state index in [2.05, 4.69) is 15.8 Å². The van der Waals surface area contributed by atoms with Crippen LogP contribution in [0.1, 0.15) is 15.9 Å². The summed E-state index contributed by atoms with van der Waals surface area (Å²) in [7, 11) is 1.40. The van der Waals surface area contributed by atoms with Gasteiger partial charge in [0, 0.05) is 5.02 Å². The number of anilines is 1. The SMILES string of the molecule is COc1cc(/C=N\NC(=O)C(=O)Nc2cc(Cl)ccc2Cl)ccc1OC(=O)c1ccccc1Cl. The van der Waals surface area contributed by atoms with Crippen molar-refractivity contribution >= 4 is 64.5 Å². The molecule has 3 aromatic carbocycles. The highest BCUT2D eigenvalue weighted by molar-refractivity contribution is 6.42. The molecule has 0 saturated heterocycles. The minimum atomic E-state index is -1.02. The number of carbonyl (C=O) groups is 3. The molecule has 0 aromatic heterocycles. The molecule has 3 aromatic rings. The predicted molar refractivity (Wildman–Crippen MR) is 130 cm³/mol. The summed E-state index contributed by atoms with van der Waals surface area (Å²) in [6.45, 7) is 0. The van der Waals surface area contributed by atoms with Gasteiger partial charge in [-0.25, -0.2) is 10.2 Å². The summed E-state index contributed by atoms with van der Waals surface area (Å²) >= 11 is 17.8. The lowest BCUT2D eigenvalue weighted by Crippen LogP contribution is -2.32. The van der Waals surface area contributed by atoms with E-state index in [0.717, 1.165) is 0 Å². The number of hydrogen-bond donors (Lipinski definition) is 2. The Balaban J connectivity index is 1.63. The van der Waals surface area contributed by atoms with Crippen LogP contribution in [-0.4, -0.2) is 31.1 Å². The molecular weight excluding hydrogens is 505 g/mol. The van der Waals surface area contributed by atoms with Gasteiger partial charge < -0.3 is 14.8 Å². The van der Waals surface area contributed by atoms with E-state index in [-0.39, 0.29) is 32.8 Å². The quantitative estimate of drug-likeness (QED) is 0.157. The molecule has 0 fully saturated rings. The van der Waals surface area contributed by atoms with Crippen molar-refractivity contribution in [1.29, 1.82) is 0 Å². The van der Waals surface area contributed by atoms with E-state index < -0.39 is 17.8 Å². The minimum absolute atomic E-state index is 0.159. The number of nitrogens with zero attached hydrogens (tertiary/aromatic N) is 1. The first-order valence-electron chi connectivity index (χ1n) is 9.52. The van der Waals surface area contributed by atoms with Crippen LogP contribution in [-0.2, 0) is 9.59 Å². The van der Waals surface area contributed by atoms with E-state index in [1.54, 1.807) is 30.3 Å². The van der Waals surface area contributed by atoms with Crippen LogP contribution in [0.4, 0.5) is 5.69 Å². The molecule has 174 valence electrons. The average Bonchev–Trinajstić information content (AvgIpc) is 2.82. The van der Waals surface area contributed by atoms with Gasteiger partial charge >= 0.3 is 17.8 Å². The summed E-state index contributed by atoms with van der Waals surface area (Å²) in [5.74, 6) is -2.26. The Bertz CT molecular complexity index is 1280. The molecule has 2 amide bonds. The molecule has 0 radical (unpaired) electrons. The summed E-state index contributed by atoms with van der Waals surface area (Å²) in [6, 6.07) is 15.5. The van der Waals surface area contributed by atoms with Gasteiger partial charge in [-0.05, 0) is 54.1 Å². The summed E-state index contributed by atoms with van der Waals surface area (Å²) < 4.78 is 10.6. The van der Waals surface area contributed by atoms with Gasteiger partial charge in [0.15, 0.2) is 11.5 Å². The van der Waals surface area contributed by atoms with Gasteiger partial charge in [0.2, 0.25) is 0 Å². The van der Waals surface area contributed by atoms with Crippen molar-refractivity contribution < 1.29 is 23.9 Å². The van der Waals surface area contributed by atoms with Crippen LogP contribution in [0, 0.1) is 0 Å². The van der Waals surface area contributed by atoms with E-state index in [1.807, 2.05) is 0 Å². The average molecular weight is 521 g/mol. The number of amides is 2. The van der Waals surface area contributed by atoms with Crippen molar-refractivity contribution in [2.75, 3.05) is 12.4 Å². The second-order valence-electron chi connectivity index (χ2n) is 6.56. The third-order valence-electron chi connectivity index (χ3n) is 4.25. The number of esters is 1. The van der Waals surface area contributed by atoms with Crippen LogP contribution in [0.2, 0.25) is 15.1 Å². The summed E-state index contributed by atoms with van der Waals surface area (Å²) in [5, 5.41) is 6.90. The fourth-order valence-electron chi connectivity index (χ4n) is 2.62. The third-order valence-corrected chi connectivity index (χ3v) is 5.14. The fraction of sp³-hybridized carbons (Fsp3) is 0.0435. The number of methoxy groups -OCH3 is 1. The first kappa shape index (κ1) is 25.0. The monoisotopic (exact) mass is 519 g/mol. The Hall–Kier alpha value is -3.59. The van der Waals surface area contributed by atoms with Crippen LogP contribution in [0.5, 0.6) is 11.5 Å². The molecule has 11 heteroatoms. The normalized spacial score (nSPS) is 10.6. The first-order chi connectivity index (χ1) is 16.3. The van der Waals surface area contributed by atoms with Crippen LogP contribution < -0.4 is 20.2 Å². The Morgan fingerprint density at radius 2 is 1.65 bits per heavy atom. The molecule has 0 saturated carbocycles. The number of hydrazone groups is 1. The molecule has 0 heterocycles. The number of benzene rings is 3. The van der Waals surface area contributed by atoms with Crippen molar-refractivity contribution in [1.82, 2.24) is 5.43 Å². The van der Waals surface area contributed by atoms with Gasteiger partial charge in [-0.15, -0.1) is 0 Å². The first-order valence-corrected chi connectivity index (χ1v) is 10.7. The maximum Gasteiger partial charge on any atom is 0.345 e. The Morgan fingerprint density at radius 1 is 0.882 bits per heavy atom. The van der Waals surface area contributed by atoms with Crippen LogP contribution in [0.3, 0.4) is 0 Å². The molecule has 0 spiro atoms. The van der Waals surface area contributed by atoms with Crippen molar-refractivity contribution in [2.24, 2.45) is 5.10 Å². The molecule has 0 bridgehead atoms. The molecule has 34 heavy (non-hydrogen) atoms. The molecule has 8 nitrogen and oxygen atoms in total. The zero-order valence-electron chi connectivity index (χ0n) is 17.5. The lowest BCUT2D eigenvalue weighted by Gasteiger charge is -2.10. The maximum absolute atomic E-state index is 12.4. The van der Waals surface area contributed by atoms with Gasteiger partial charge in [0.25, 0.3) is 0 Å². The molecule has 0 aliphatic carbocycles. The largest absolute Gasteiger partial charge is 0.493 e. The highest BCUT2D eigenvalue weighted by Crippen LogP contribution is 2.29. The molecular formula is C23H16Cl3N3O5. The number of halogens is 3.